The maximum Gasteiger partial charge on any atom is 0.286 e. The van der Waals surface area contributed by atoms with Crippen LogP contribution in [0.5, 0.6) is 0 Å². The van der Waals surface area contributed by atoms with Crippen molar-refractivity contribution in [1.29, 1.82) is 0 Å². The SMILES string of the molecule is Cc1ccc(SCCn2cc([N+](=O)[O-])cc(C(N)=O)c2=O)cc1C. The van der Waals surface area contributed by atoms with Gasteiger partial charge in [0, 0.05) is 23.3 Å². The van der Waals surface area contributed by atoms with Crippen LogP contribution in [0.25, 0.3) is 0 Å². The Kier molecular flexibility index (Phi) is 5.40. The first kappa shape index (κ1) is 17.7. The van der Waals surface area contributed by atoms with Crippen molar-refractivity contribution >= 4 is 23.4 Å². The first-order valence-corrected chi connectivity index (χ1v) is 8.17. The first-order valence-electron chi connectivity index (χ1n) is 7.18. The van der Waals surface area contributed by atoms with Crippen molar-refractivity contribution < 1.29 is 9.72 Å². The fourth-order valence-corrected chi connectivity index (χ4v) is 3.08. The number of hydrogen-bond acceptors (Lipinski definition) is 5. The summed E-state index contributed by atoms with van der Waals surface area (Å²) in [7, 11) is 0. The molecule has 0 aliphatic heterocycles. The molecule has 0 aliphatic carbocycles. The zero-order valence-corrected chi connectivity index (χ0v) is 14.1. The molecule has 1 heterocycles. The van der Waals surface area contributed by atoms with Crippen molar-refractivity contribution in [3.63, 3.8) is 0 Å². The van der Waals surface area contributed by atoms with Crippen LogP contribution >= 0.6 is 11.8 Å². The van der Waals surface area contributed by atoms with E-state index >= 15 is 0 Å². The fraction of sp³-hybridized carbons (Fsp3) is 0.250. The molecule has 0 bridgehead atoms. The molecule has 126 valence electrons. The topological polar surface area (TPSA) is 108 Å². The van der Waals surface area contributed by atoms with Gasteiger partial charge in [-0.1, -0.05) is 6.07 Å². The maximum absolute atomic E-state index is 12.2. The van der Waals surface area contributed by atoms with E-state index in [1.54, 1.807) is 0 Å². The van der Waals surface area contributed by atoms with E-state index in [1.165, 1.54) is 22.9 Å². The van der Waals surface area contributed by atoms with Gasteiger partial charge in [0.05, 0.1) is 11.1 Å². The molecule has 2 aromatic rings. The summed E-state index contributed by atoms with van der Waals surface area (Å²) in [6.45, 7) is 4.28. The van der Waals surface area contributed by atoms with E-state index in [1.807, 2.05) is 32.0 Å². The number of amides is 1. The number of aryl methyl sites for hydroxylation is 3. The minimum Gasteiger partial charge on any atom is -0.365 e. The first-order chi connectivity index (χ1) is 11.3. The second-order valence-electron chi connectivity index (χ2n) is 5.33. The zero-order valence-electron chi connectivity index (χ0n) is 13.3. The highest BCUT2D eigenvalue weighted by molar-refractivity contribution is 7.99. The molecule has 7 nitrogen and oxygen atoms in total. The summed E-state index contributed by atoms with van der Waals surface area (Å²) in [6, 6.07) is 6.96. The largest absolute Gasteiger partial charge is 0.365 e. The van der Waals surface area contributed by atoms with E-state index in [4.69, 9.17) is 5.73 Å². The van der Waals surface area contributed by atoms with Gasteiger partial charge in [0.25, 0.3) is 17.2 Å². The second-order valence-corrected chi connectivity index (χ2v) is 6.49. The third-order valence-corrected chi connectivity index (χ3v) is 4.60. The van der Waals surface area contributed by atoms with Crippen molar-refractivity contribution in [2.24, 2.45) is 5.73 Å². The predicted octanol–water partition coefficient (Wildman–Crippen LogP) is 2.26. The highest BCUT2D eigenvalue weighted by atomic mass is 32.2. The molecule has 0 aliphatic rings. The smallest absolute Gasteiger partial charge is 0.286 e. The fourth-order valence-electron chi connectivity index (χ4n) is 2.13. The lowest BCUT2D eigenvalue weighted by Crippen LogP contribution is -2.30. The molecular formula is C16H17N3O4S. The number of thioether (sulfide) groups is 1. The average molecular weight is 347 g/mol. The summed E-state index contributed by atoms with van der Waals surface area (Å²) in [5, 5.41) is 10.9. The van der Waals surface area contributed by atoms with E-state index in [0.717, 1.165) is 21.7 Å². The van der Waals surface area contributed by atoms with Crippen LogP contribution in [0.4, 0.5) is 5.69 Å². The molecule has 0 atom stereocenters. The van der Waals surface area contributed by atoms with E-state index in [9.17, 15) is 19.7 Å². The molecule has 0 fully saturated rings. The molecule has 1 aromatic heterocycles. The lowest BCUT2D eigenvalue weighted by Gasteiger charge is -2.08. The number of nitrogens with zero attached hydrogens (tertiary/aromatic N) is 2. The Morgan fingerprint density at radius 3 is 2.58 bits per heavy atom. The molecule has 8 heteroatoms. The quantitative estimate of drug-likeness (QED) is 0.490. The summed E-state index contributed by atoms with van der Waals surface area (Å²) < 4.78 is 1.16. The number of hydrogen-bond donors (Lipinski definition) is 1. The Hall–Kier alpha value is -2.61. The Morgan fingerprint density at radius 1 is 1.29 bits per heavy atom. The van der Waals surface area contributed by atoms with E-state index in [2.05, 4.69) is 0 Å². The molecule has 1 aromatic carbocycles. The minimum absolute atomic E-state index is 0.235. The second kappa shape index (κ2) is 7.31. The van der Waals surface area contributed by atoms with Gasteiger partial charge in [-0.3, -0.25) is 19.7 Å². The van der Waals surface area contributed by atoms with Crippen LogP contribution < -0.4 is 11.3 Å². The Labute approximate surface area is 142 Å². The maximum atomic E-state index is 12.2. The van der Waals surface area contributed by atoms with E-state index in [-0.39, 0.29) is 17.8 Å². The van der Waals surface area contributed by atoms with Crippen LogP contribution in [-0.2, 0) is 6.54 Å². The molecule has 0 spiro atoms. The summed E-state index contributed by atoms with van der Waals surface area (Å²) in [5.74, 6) is -0.443. The summed E-state index contributed by atoms with van der Waals surface area (Å²) in [4.78, 5) is 34.8. The van der Waals surface area contributed by atoms with Gasteiger partial charge in [-0.15, -0.1) is 11.8 Å². The number of carbonyl (C=O) groups is 1. The third-order valence-electron chi connectivity index (χ3n) is 3.63. The summed E-state index contributed by atoms with van der Waals surface area (Å²) >= 11 is 1.53. The molecule has 1 amide bonds. The molecule has 24 heavy (non-hydrogen) atoms. The molecule has 0 unspecified atom stereocenters. The number of aromatic nitrogens is 1. The standard InChI is InChI=1S/C16H17N3O4S/c1-10-3-4-13(7-11(10)2)24-6-5-18-9-12(19(22)23)8-14(15(17)20)16(18)21/h3-4,7-9H,5-6H2,1-2H3,(H2,17,20). The van der Waals surface area contributed by atoms with Crippen LogP contribution in [0.1, 0.15) is 21.5 Å². The molecule has 0 radical (unpaired) electrons. The number of primary amides is 1. The van der Waals surface area contributed by atoms with E-state index in [0.29, 0.717) is 5.75 Å². The molecule has 0 saturated carbocycles. The molecule has 0 saturated heterocycles. The monoisotopic (exact) mass is 347 g/mol. The van der Waals surface area contributed by atoms with Crippen molar-refractivity contribution in [2.45, 2.75) is 25.3 Å². The van der Waals surface area contributed by atoms with Gasteiger partial charge in [0.15, 0.2) is 0 Å². The van der Waals surface area contributed by atoms with Crippen LogP contribution in [-0.4, -0.2) is 21.2 Å². The van der Waals surface area contributed by atoms with E-state index < -0.39 is 16.4 Å². The van der Waals surface area contributed by atoms with Crippen LogP contribution in [0.15, 0.2) is 40.2 Å². The van der Waals surface area contributed by atoms with Gasteiger partial charge in [-0.2, -0.15) is 0 Å². The predicted molar refractivity (Wildman–Crippen MR) is 92.5 cm³/mol. The Bertz CT molecular complexity index is 861. The van der Waals surface area contributed by atoms with Gasteiger partial charge >= 0.3 is 0 Å². The Balaban J connectivity index is 2.19. The summed E-state index contributed by atoms with van der Waals surface area (Å²) in [5.41, 5.74) is 6.16. The van der Waals surface area contributed by atoms with Gasteiger partial charge in [0.2, 0.25) is 0 Å². The summed E-state index contributed by atoms with van der Waals surface area (Å²) in [6.07, 6.45) is 1.13. The van der Waals surface area contributed by atoms with Crippen LogP contribution in [0.2, 0.25) is 0 Å². The van der Waals surface area contributed by atoms with Gasteiger partial charge < -0.3 is 10.3 Å². The van der Waals surface area contributed by atoms with Gasteiger partial charge in [0.1, 0.15) is 5.56 Å². The third kappa shape index (κ3) is 4.02. The number of pyridine rings is 1. The highest BCUT2D eigenvalue weighted by Crippen LogP contribution is 2.21. The van der Waals surface area contributed by atoms with Crippen LogP contribution in [0.3, 0.4) is 0 Å². The van der Waals surface area contributed by atoms with Crippen molar-refractivity contribution in [1.82, 2.24) is 4.57 Å². The Morgan fingerprint density at radius 2 is 2.00 bits per heavy atom. The number of rotatable bonds is 6. The molecule has 2 N–H and O–H groups in total. The highest BCUT2D eigenvalue weighted by Gasteiger charge is 2.17. The van der Waals surface area contributed by atoms with Crippen molar-refractivity contribution in [3.05, 3.63) is 67.6 Å². The van der Waals surface area contributed by atoms with Crippen molar-refractivity contribution in [2.75, 3.05) is 5.75 Å². The zero-order chi connectivity index (χ0) is 17.9. The normalized spacial score (nSPS) is 10.6. The number of nitrogens with two attached hydrogens (primary N) is 1. The molecule has 2 rings (SSSR count). The van der Waals surface area contributed by atoms with Crippen molar-refractivity contribution in [3.8, 4) is 0 Å². The lowest BCUT2D eigenvalue weighted by atomic mass is 10.1. The average Bonchev–Trinajstić information content (AvgIpc) is 2.51. The number of benzene rings is 1. The number of carbonyl (C=O) groups excluding carboxylic acids is 1. The lowest BCUT2D eigenvalue weighted by molar-refractivity contribution is -0.385. The van der Waals surface area contributed by atoms with Gasteiger partial charge in [-0.25, -0.2) is 0 Å². The molecular weight excluding hydrogens is 330 g/mol. The minimum atomic E-state index is -0.973. The van der Waals surface area contributed by atoms with Crippen LogP contribution in [0, 0.1) is 24.0 Å². The number of nitro groups is 1. The van der Waals surface area contributed by atoms with Gasteiger partial charge in [-0.05, 0) is 37.1 Å².